The van der Waals surface area contributed by atoms with Gasteiger partial charge in [-0.3, -0.25) is 4.90 Å². The molecule has 0 saturated carbocycles. The molecule has 0 aliphatic rings. The van der Waals surface area contributed by atoms with Crippen LogP contribution in [-0.2, 0) is 4.74 Å². The van der Waals surface area contributed by atoms with Crippen LogP contribution in [0.3, 0.4) is 0 Å². The molecule has 0 saturated heterocycles. The number of H-pyrrole nitrogens is 1. The van der Waals surface area contributed by atoms with Crippen molar-refractivity contribution in [2.45, 2.75) is 40.2 Å². The molecule has 5 rings (SSSR count). The third-order valence-electron chi connectivity index (χ3n) is 5.51. The molecule has 0 unspecified atom stereocenters. The van der Waals surface area contributed by atoms with E-state index in [1.807, 2.05) is 0 Å². The second-order valence-corrected chi connectivity index (χ2v) is 9.78. The molecule has 1 aromatic carbocycles. The number of rotatable bonds is 5. The molecular weight excluding hydrogens is 526 g/mol. The van der Waals surface area contributed by atoms with Crippen molar-refractivity contribution in [3.8, 4) is 23.4 Å². The van der Waals surface area contributed by atoms with Gasteiger partial charge in [-0.1, -0.05) is 0 Å². The number of hydrogen-bond acceptors (Lipinski definition) is 10. The lowest BCUT2D eigenvalue weighted by Crippen LogP contribution is -2.34. The molecule has 4 aromatic heterocycles. The van der Waals surface area contributed by atoms with Crippen LogP contribution in [-0.4, -0.2) is 53.6 Å². The molecule has 0 fully saturated rings. The number of aromatic nitrogens is 7. The van der Waals surface area contributed by atoms with Crippen molar-refractivity contribution >= 4 is 33.7 Å². The molecule has 0 spiro atoms. The first-order valence-electron chi connectivity index (χ1n) is 12.0. The number of amides is 1. The zero-order chi connectivity index (χ0) is 28.8. The van der Waals surface area contributed by atoms with Gasteiger partial charge in [0.2, 0.25) is 5.88 Å². The maximum Gasteiger partial charge on any atom is 0.414 e. The monoisotopic (exact) mass is 550 g/mol. The molecule has 0 bridgehead atoms. The van der Waals surface area contributed by atoms with E-state index in [0.29, 0.717) is 11.6 Å². The molecule has 0 radical (unpaired) electrons. The van der Waals surface area contributed by atoms with Crippen LogP contribution < -0.4 is 14.4 Å². The van der Waals surface area contributed by atoms with E-state index in [1.54, 1.807) is 34.6 Å². The Bertz CT molecular complexity index is 1740. The van der Waals surface area contributed by atoms with E-state index in [4.69, 9.17) is 14.2 Å². The van der Waals surface area contributed by atoms with Gasteiger partial charge in [-0.05, 0) is 34.6 Å². The van der Waals surface area contributed by atoms with Crippen LogP contribution in [0.25, 0.3) is 21.9 Å². The van der Waals surface area contributed by atoms with Crippen molar-refractivity contribution in [2.75, 3.05) is 11.9 Å². The number of benzene rings is 1. The lowest BCUT2D eigenvalue weighted by atomic mass is 10.1. The van der Waals surface area contributed by atoms with Crippen molar-refractivity contribution in [3.05, 3.63) is 54.1 Å². The summed E-state index contributed by atoms with van der Waals surface area (Å²) in [6, 6.07) is 0.692. The zero-order valence-electron chi connectivity index (χ0n) is 22.4. The van der Waals surface area contributed by atoms with Crippen LogP contribution in [0.2, 0.25) is 0 Å². The Balaban J connectivity index is 1.72. The minimum absolute atomic E-state index is 0.000159. The summed E-state index contributed by atoms with van der Waals surface area (Å²) < 4.78 is 47.4. The smallest absolute Gasteiger partial charge is 0.414 e. The Morgan fingerprint density at radius 2 is 1.48 bits per heavy atom. The summed E-state index contributed by atoms with van der Waals surface area (Å²) in [6.07, 6.45) is 4.88. The third kappa shape index (κ3) is 5.28. The van der Waals surface area contributed by atoms with Crippen LogP contribution in [0.15, 0.2) is 30.9 Å². The average Bonchev–Trinajstić information content (AvgIpc) is 3.27. The number of anilines is 1. The largest absolute Gasteiger partial charge is 0.443 e. The van der Waals surface area contributed by atoms with E-state index in [-0.39, 0.29) is 51.0 Å². The van der Waals surface area contributed by atoms with Gasteiger partial charge in [-0.15, -0.1) is 0 Å². The number of halogens is 2. The number of hydrogen-bond donors (Lipinski definition) is 1. The number of nitrogens with one attached hydrogen (secondary N) is 1. The molecule has 40 heavy (non-hydrogen) atoms. The van der Waals surface area contributed by atoms with E-state index in [1.165, 1.54) is 31.8 Å². The van der Waals surface area contributed by atoms with Gasteiger partial charge in [0.15, 0.2) is 23.1 Å². The van der Waals surface area contributed by atoms with E-state index in [0.717, 1.165) is 11.0 Å². The van der Waals surface area contributed by atoms with E-state index in [2.05, 4.69) is 34.9 Å². The van der Waals surface area contributed by atoms with Crippen LogP contribution in [0, 0.1) is 25.5 Å². The topological polar surface area (TPSA) is 141 Å². The highest BCUT2D eigenvalue weighted by Gasteiger charge is 2.28. The molecule has 1 amide bonds. The lowest BCUT2D eigenvalue weighted by molar-refractivity contribution is 0.0589. The number of carbonyl (C=O) groups is 1. The Kier molecular flexibility index (Phi) is 6.61. The number of carbonyl (C=O) groups excluding carboxylic acids is 1. The lowest BCUT2D eigenvalue weighted by Gasteiger charge is -2.25. The maximum atomic E-state index is 15.4. The van der Waals surface area contributed by atoms with Crippen LogP contribution >= 0.6 is 0 Å². The number of fused-ring (bicyclic) bond motifs is 3. The van der Waals surface area contributed by atoms with Crippen molar-refractivity contribution in [3.63, 3.8) is 0 Å². The van der Waals surface area contributed by atoms with Crippen LogP contribution in [0.4, 0.5) is 19.3 Å². The summed E-state index contributed by atoms with van der Waals surface area (Å²) in [5.74, 6) is -1.15. The van der Waals surface area contributed by atoms with Crippen molar-refractivity contribution in [1.29, 1.82) is 0 Å². The normalized spacial score (nSPS) is 11.6. The van der Waals surface area contributed by atoms with Crippen molar-refractivity contribution in [1.82, 2.24) is 34.9 Å². The molecular formula is C26H24F2N8O4. The highest BCUT2D eigenvalue weighted by atomic mass is 19.2. The molecule has 206 valence electrons. The number of ether oxygens (including phenoxy) is 3. The molecule has 12 nitrogen and oxygen atoms in total. The molecule has 0 aliphatic carbocycles. The molecule has 5 aromatic rings. The minimum Gasteiger partial charge on any atom is -0.443 e. The maximum absolute atomic E-state index is 15.4. The van der Waals surface area contributed by atoms with Gasteiger partial charge in [0.05, 0.1) is 46.8 Å². The van der Waals surface area contributed by atoms with Gasteiger partial charge in [0.1, 0.15) is 22.9 Å². The van der Waals surface area contributed by atoms with Gasteiger partial charge >= 0.3 is 12.1 Å². The van der Waals surface area contributed by atoms with E-state index < -0.39 is 23.3 Å². The number of aryl methyl sites for hydroxylation is 2. The fourth-order valence-corrected chi connectivity index (χ4v) is 3.73. The highest BCUT2D eigenvalue weighted by Crippen LogP contribution is 2.41. The van der Waals surface area contributed by atoms with Gasteiger partial charge in [0, 0.05) is 13.1 Å². The first-order valence-corrected chi connectivity index (χ1v) is 12.0. The van der Waals surface area contributed by atoms with Crippen molar-refractivity contribution < 1.29 is 27.8 Å². The van der Waals surface area contributed by atoms with Crippen LogP contribution in [0.5, 0.6) is 23.4 Å². The number of nitrogens with zero attached hydrogens (tertiary/aromatic N) is 7. The summed E-state index contributed by atoms with van der Waals surface area (Å²) >= 11 is 0. The summed E-state index contributed by atoms with van der Waals surface area (Å²) in [7, 11) is 1.38. The highest BCUT2D eigenvalue weighted by molar-refractivity contribution is 6.14. The first kappa shape index (κ1) is 26.6. The summed E-state index contributed by atoms with van der Waals surface area (Å²) in [5, 5.41) is -0.243. The predicted octanol–water partition coefficient (Wildman–Crippen LogP) is 5.54. The Morgan fingerprint density at radius 1 is 0.900 bits per heavy atom. The molecule has 0 atom stereocenters. The zero-order valence-corrected chi connectivity index (χ0v) is 22.4. The fraction of sp³-hybridized carbons (Fsp3) is 0.269. The van der Waals surface area contributed by atoms with Gasteiger partial charge in [-0.25, -0.2) is 33.5 Å². The predicted molar refractivity (Wildman–Crippen MR) is 140 cm³/mol. The summed E-state index contributed by atoms with van der Waals surface area (Å²) in [5.41, 5.74) is -0.727. The van der Waals surface area contributed by atoms with Gasteiger partial charge in [0.25, 0.3) is 0 Å². The first-order chi connectivity index (χ1) is 18.9. The molecule has 4 heterocycles. The van der Waals surface area contributed by atoms with Gasteiger partial charge in [-0.2, -0.15) is 9.97 Å². The Hall–Kier alpha value is -5.01. The summed E-state index contributed by atoms with van der Waals surface area (Å²) in [4.78, 5) is 41.8. The average molecular weight is 551 g/mol. The van der Waals surface area contributed by atoms with Crippen molar-refractivity contribution in [2.24, 2.45) is 0 Å². The fourth-order valence-electron chi connectivity index (χ4n) is 3.73. The Morgan fingerprint density at radius 3 is 2.05 bits per heavy atom. The quantitative estimate of drug-likeness (QED) is 0.296. The SMILES string of the molecule is Cc1ncc(Oc2nc(Oc3cnc(C)nc3)c3c(n2)[nH]c2c(N(C)C(=O)OC(C)(C)C)cc(F)c(F)c23)cn1. The standard InChI is InChI=1S/C26H24F2N8O4/c1-12-29-8-14(9-30-12)38-23-19-18-20(28)16(27)7-17(36(6)25(37)40-26(3,4)5)21(18)33-22(19)34-24(35-23)39-15-10-31-13(2)32-11-15/h7-11H,1-6H3,(H,33,34,35). The number of aromatic amines is 1. The van der Waals surface area contributed by atoms with Gasteiger partial charge < -0.3 is 19.2 Å². The second kappa shape index (κ2) is 9.94. The molecule has 14 heteroatoms. The second-order valence-electron chi connectivity index (χ2n) is 9.78. The molecule has 0 aliphatic heterocycles. The van der Waals surface area contributed by atoms with Crippen LogP contribution in [0.1, 0.15) is 32.4 Å². The summed E-state index contributed by atoms with van der Waals surface area (Å²) in [6.45, 7) is 8.49. The third-order valence-corrected chi connectivity index (χ3v) is 5.51. The van der Waals surface area contributed by atoms with E-state index in [9.17, 15) is 9.18 Å². The molecule has 1 N–H and O–H groups in total. The van der Waals surface area contributed by atoms with E-state index >= 15 is 4.39 Å². The Labute approximate surface area is 226 Å². The minimum atomic E-state index is -1.21.